The largest absolute Gasteiger partial charge is 4.00 e. The summed E-state index contributed by atoms with van der Waals surface area (Å²) in [6.45, 7) is 18.8. The molecule has 0 saturated carbocycles. The van der Waals surface area contributed by atoms with Crippen LogP contribution in [0.3, 0.4) is 0 Å². The van der Waals surface area contributed by atoms with E-state index in [1.807, 2.05) is 0 Å². The second-order valence-electron chi connectivity index (χ2n) is 12.1. The fraction of sp³-hybridized carbons (Fsp3) is 0.471. The summed E-state index contributed by atoms with van der Waals surface area (Å²) in [7, 11) is 0.0370. The molecule has 0 heterocycles. The van der Waals surface area contributed by atoms with Crippen LogP contribution in [0.1, 0.15) is 55.4 Å². The maximum Gasteiger partial charge on any atom is 4.00 e. The van der Waals surface area contributed by atoms with Crippen molar-refractivity contribution >= 4 is 48.0 Å². The van der Waals surface area contributed by atoms with E-state index >= 15 is 0 Å². The van der Waals surface area contributed by atoms with Crippen molar-refractivity contribution in [2.75, 3.05) is 24.6 Å². The van der Waals surface area contributed by atoms with Crippen molar-refractivity contribution in [1.82, 2.24) is 0 Å². The van der Waals surface area contributed by atoms with Crippen LogP contribution >= 0.6 is 15.8 Å². The molecule has 0 saturated heterocycles. The Morgan fingerprint density at radius 1 is 0.513 bits per heavy atom. The summed E-state index contributed by atoms with van der Waals surface area (Å²) < 4.78 is 0. The standard InChI is InChI=1S/2C17H24P.2ClH.Ti/c2*1-13(2)11-18(12-14(3)4)17-9-15-7-5-6-8-16(15)10-17;;;/h2*5-10,13-14H,11-12H2,1-4H3;2*1H;/q2*-1;;;+4/p-2. The van der Waals surface area contributed by atoms with Crippen molar-refractivity contribution in [3.8, 4) is 0 Å². The Balaban J connectivity index is 0.000000688. The molecular weight excluding hydrogens is 589 g/mol. The van der Waals surface area contributed by atoms with Gasteiger partial charge in [-0.15, -0.1) is 80.7 Å². The second-order valence-corrected chi connectivity index (χ2v) is 16.7. The van der Waals surface area contributed by atoms with Crippen LogP contribution in [0.5, 0.6) is 0 Å². The molecule has 0 spiro atoms. The fourth-order valence-electron chi connectivity index (χ4n) is 4.97. The van der Waals surface area contributed by atoms with Crippen LogP contribution in [0.25, 0.3) is 21.5 Å². The Hall–Kier alpha value is -0.186. The molecule has 0 aliphatic heterocycles. The molecule has 4 aromatic rings. The van der Waals surface area contributed by atoms with Gasteiger partial charge in [0.1, 0.15) is 0 Å². The van der Waals surface area contributed by atoms with Crippen LogP contribution in [-0.4, -0.2) is 24.6 Å². The Bertz CT molecular complexity index is 1010. The van der Waals surface area contributed by atoms with Gasteiger partial charge in [-0.05, 0) is 48.3 Å². The summed E-state index contributed by atoms with van der Waals surface area (Å²) in [4.78, 5) is 0. The minimum absolute atomic E-state index is 0. The third kappa shape index (κ3) is 12.7. The predicted molar refractivity (Wildman–Crippen MR) is 171 cm³/mol. The third-order valence-electron chi connectivity index (χ3n) is 6.28. The van der Waals surface area contributed by atoms with Crippen LogP contribution in [0.2, 0.25) is 0 Å². The topological polar surface area (TPSA) is 0 Å². The first kappa shape index (κ1) is 38.8. The molecule has 0 bridgehead atoms. The first-order chi connectivity index (χ1) is 17.1. The van der Waals surface area contributed by atoms with Gasteiger partial charge >= 0.3 is 21.7 Å². The van der Waals surface area contributed by atoms with E-state index in [9.17, 15) is 0 Å². The molecule has 0 aliphatic rings. The van der Waals surface area contributed by atoms with Crippen molar-refractivity contribution in [3.63, 3.8) is 0 Å². The minimum atomic E-state index is 0. The minimum Gasteiger partial charge on any atom is -1.00 e. The number of fused-ring (bicyclic) bond motifs is 2. The smallest absolute Gasteiger partial charge is 1.00 e. The van der Waals surface area contributed by atoms with Crippen molar-refractivity contribution in [1.29, 1.82) is 0 Å². The molecule has 39 heavy (non-hydrogen) atoms. The van der Waals surface area contributed by atoms with Gasteiger partial charge in [0.25, 0.3) is 0 Å². The summed E-state index contributed by atoms with van der Waals surface area (Å²) in [6, 6.07) is 27.2. The van der Waals surface area contributed by atoms with Gasteiger partial charge in [-0.25, -0.2) is 0 Å². The molecule has 0 N–H and O–H groups in total. The van der Waals surface area contributed by atoms with Crippen LogP contribution < -0.4 is 35.4 Å². The van der Waals surface area contributed by atoms with Gasteiger partial charge in [0.15, 0.2) is 0 Å². The van der Waals surface area contributed by atoms with E-state index in [-0.39, 0.29) is 62.4 Å². The van der Waals surface area contributed by atoms with E-state index in [0.717, 1.165) is 23.7 Å². The van der Waals surface area contributed by atoms with Gasteiger partial charge in [0, 0.05) is 0 Å². The summed E-state index contributed by atoms with van der Waals surface area (Å²) in [5, 5.41) is 8.85. The Kier molecular flexibility index (Phi) is 19.0. The predicted octanol–water partition coefficient (Wildman–Crippen LogP) is 3.96. The summed E-state index contributed by atoms with van der Waals surface area (Å²) >= 11 is 0. The maximum atomic E-state index is 2.42. The van der Waals surface area contributed by atoms with E-state index in [0.29, 0.717) is 0 Å². The van der Waals surface area contributed by atoms with Gasteiger partial charge in [0.2, 0.25) is 0 Å². The molecular formula is C34H48Cl2P2Ti. The van der Waals surface area contributed by atoms with Crippen molar-refractivity contribution < 1.29 is 46.5 Å². The zero-order chi connectivity index (χ0) is 26.2. The first-order valence-electron chi connectivity index (χ1n) is 13.9. The molecule has 0 aliphatic carbocycles. The maximum absolute atomic E-state index is 2.42. The second kappa shape index (κ2) is 19.1. The molecule has 0 radical (unpaired) electrons. The van der Waals surface area contributed by atoms with Crippen molar-refractivity contribution in [2.24, 2.45) is 23.7 Å². The number of halogens is 2. The normalized spacial score (nSPS) is 11.2. The van der Waals surface area contributed by atoms with Crippen LogP contribution in [-0.2, 0) is 21.7 Å². The number of hydrogen-bond donors (Lipinski definition) is 0. The van der Waals surface area contributed by atoms with Crippen molar-refractivity contribution in [3.05, 3.63) is 72.8 Å². The Morgan fingerprint density at radius 2 is 0.795 bits per heavy atom. The Morgan fingerprint density at radius 3 is 1.05 bits per heavy atom. The fourth-order valence-corrected chi connectivity index (χ4v) is 10.9. The molecule has 0 atom stereocenters. The van der Waals surface area contributed by atoms with Crippen LogP contribution in [0.15, 0.2) is 72.8 Å². The Labute approximate surface area is 269 Å². The van der Waals surface area contributed by atoms with Crippen LogP contribution in [0.4, 0.5) is 0 Å². The molecule has 0 unspecified atom stereocenters. The molecule has 4 aromatic carbocycles. The van der Waals surface area contributed by atoms with Gasteiger partial charge in [0.05, 0.1) is 0 Å². The van der Waals surface area contributed by atoms with Gasteiger partial charge in [-0.2, -0.15) is 12.1 Å². The van der Waals surface area contributed by atoms with Gasteiger partial charge in [-0.3, -0.25) is 0 Å². The number of hydrogen-bond acceptors (Lipinski definition) is 0. The van der Waals surface area contributed by atoms with E-state index in [1.165, 1.54) is 46.2 Å². The quantitative estimate of drug-likeness (QED) is 0.141. The molecule has 0 nitrogen and oxygen atoms in total. The summed E-state index contributed by atoms with van der Waals surface area (Å²) in [5.41, 5.74) is 0. The molecule has 0 amide bonds. The molecule has 4 rings (SSSR count). The average molecular weight is 637 g/mol. The molecule has 0 aromatic heterocycles. The third-order valence-corrected chi connectivity index (χ3v) is 12.9. The molecule has 5 heteroatoms. The molecule has 0 fully saturated rings. The summed E-state index contributed by atoms with van der Waals surface area (Å²) in [6.07, 6.45) is 5.46. The number of benzene rings is 2. The SMILES string of the molecule is CC(C)CP(CC(C)C)c1cc2ccccc2[cH-]1.CC(C)CP(CC(C)C)c1cc2ccccc2[cH-]1.[Cl-].[Cl-].[Ti+4]. The van der Waals surface area contributed by atoms with Gasteiger partial charge < -0.3 is 24.8 Å². The zero-order valence-corrected chi connectivity index (χ0v) is 30.1. The average Bonchev–Trinajstić information content (AvgIpc) is 3.42. The molecule has 212 valence electrons. The van der Waals surface area contributed by atoms with E-state index in [2.05, 4.69) is 128 Å². The zero-order valence-electron chi connectivity index (χ0n) is 25.2. The first-order valence-corrected chi connectivity index (χ1v) is 17.4. The van der Waals surface area contributed by atoms with E-state index in [4.69, 9.17) is 0 Å². The number of rotatable bonds is 10. The van der Waals surface area contributed by atoms with Crippen LogP contribution in [0, 0.1) is 23.7 Å². The van der Waals surface area contributed by atoms with E-state index < -0.39 is 0 Å². The van der Waals surface area contributed by atoms with Gasteiger partial charge in [-0.1, -0.05) is 83.4 Å². The monoisotopic (exact) mass is 636 g/mol. The van der Waals surface area contributed by atoms with E-state index in [1.54, 1.807) is 10.6 Å². The van der Waals surface area contributed by atoms with Crippen molar-refractivity contribution in [2.45, 2.75) is 55.4 Å². The summed E-state index contributed by atoms with van der Waals surface area (Å²) in [5.74, 6) is 3.20.